The number of ether oxygens (including phenoxy) is 2. The number of carbonyl (C=O) groups excluding carboxylic acids is 2. The van der Waals surface area contributed by atoms with Crippen LogP contribution in [0.3, 0.4) is 0 Å². The van der Waals surface area contributed by atoms with Crippen molar-refractivity contribution in [1.29, 1.82) is 0 Å². The van der Waals surface area contributed by atoms with E-state index >= 15 is 0 Å². The Labute approximate surface area is 133 Å². The van der Waals surface area contributed by atoms with Gasteiger partial charge in [0.2, 0.25) is 0 Å². The number of carbonyl (C=O) groups is 2. The van der Waals surface area contributed by atoms with Crippen molar-refractivity contribution >= 4 is 33.7 Å². The van der Waals surface area contributed by atoms with Crippen LogP contribution in [0.4, 0.5) is 0 Å². The van der Waals surface area contributed by atoms with E-state index in [1.54, 1.807) is 12.1 Å². The second-order valence-electron chi connectivity index (χ2n) is 5.19. The van der Waals surface area contributed by atoms with E-state index in [2.05, 4.69) is 4.57 Å². The summed E-state index contributed by atoms with van der Waals surface area (Å²) in [5.41, 5.74) is 2.89. The molecule has 0 fully saturated rings. The van der Waals surface area contributed by atoms with Crippen molar-refractivity contribution in [2.45, 2.75) is 13.5 Å². The first-order valence-corrected chi connectivity index (χ1v) is 7.33. The van der Waals surface area contributed by atoms with Gasteiger partial charge in [-0.2, -0.15) is 0 Å². The zero-order valence-electron chi connectivity index (χ0n) is 13.3. The highest BCUT2D eigenvalue weighted by Crippen LogP contribution is 2.30. The highest BCUT2D eigenvalue weighted by atomic mass is 16.5. The molecular formula is C18H17NO4. The average molecular weight is 311 g/mol. The highest BCUT2D eigenvalue weighted by Gasteiger charge is 2.15. The van der Waals surface area contributed by atoms with Crippen LogP contribution in [0.5, 0.6) is 0 Å². The summed E-state index contributed by atoms with van der Waals surface area (Å²) in [6.07, 6.45) is 0. The molecular weight excluding hydrogens is 294 g/mol. The molecule has 0 saturated carbocycles. The van der Waals surface area contributed by atoms with Gasteiger partial charge in [-0.05, 0) is 31.2 Å². The summed E-state index contributed by atoms with van der Waals surface area (Å²) in [4.78, 5) is 23.5. The van der Waals surface area contributed by atoms with Gasteiger partial charge < -0.3 is 14.0 Å². The smallest absolute Gasteiger partial charge is 0.337 e. The lowest BCUT2D eigenvalue weighted by atomic mass is 10.1. The van der Waals surface area contributed by atoms with Crippen LogP contribution in [0.2, 0.25) is 0 Å². The molecule has 5 heteroatoms. The number of rotatable bonds is 3. The molecule has 0 saturated heterocycles. The Hall–Kier alpha value is -2.82. The third-order valence-corrected chi connectivity index (χ3v) is 4.03. The molecule has 118 valence electrons. The maximum atomic E-state index is 11.8. The number of benzene rings is 2. The van der Waals surface area contributed by atoms with Crippen LogP contribution >= 0.6 is 0 Å². The zero-order chi connectivity index (χ0) is 16.6. The predicted molar refractivity (Wildman–Crippen MR) is 87.8 cm³/mol. The number of nitrogens with zero attached hydrogens (tertiary/aromatic N) is 1. The maximum Gasteiger partial charge on any atom is 0.337 e. The van der Waals surface area contributed by atoms with E-state index in [-0.39, 0.29) is 11.9 Å². The molecule has 3 rings (SSSR count). The minimum Gasteiger partial charge on any atom is -0.465 e. The van der Waals surface area contributed by atoms with Crippen LogP contribution in [0.1, 0.15) is 27.6 Å². The summed E-state index contributed by atoms with van der Waals surface area (Å²) >= 11 is 0. The van der Waals surface area contributed by atoms with Crippen molar-refractivity contribution in [3.63, 3.8) is 0 Å². The quantitative estimate of drug-likeness (QED) is 0.696. The van der Waals surface area contributed by atoms with Crippen LogP contribution in [-0.2, 0) is 16.0 Å². The fraction of sp³-hybridized carbons (Fsp3) is 0.222. The first-order chi connectivity index (χ1) is 11.1. The van der Waals surface area contributed by atoms with E-state index in [9.17, 15) is 9.59 Å². The number of aromatic nitrogens is 1. The molecule has 0 amide bonds. The Morgan fingerprint density at radius 3 is 1.65 bits per heavy atom. The van der Waals surface area contributed by atoms with Crippen LogP contribution in [0.25, 0.3) is 21.8 Å². The lowest BCUT2D eigenvalue weighted by Crippen LogP contribution is -2.02. The highest BCUT2D eigenvalue weighted by molar-refractivity contribution is 6.11. The van der Waals surface area contributed by atoms with Gasteiger partial charge in [0.1, 0.15) is 0 Å². The molecule has 1 heterocycles. The summed E-state index contributed by atoms with van der Waals surface area (Å²) in [7, 11) is 2.73. The molecule has 23 heavy (non-hydrogen) atoms. The van der Waals surface area contributed by atoms with E-state index in [0.29, 0.717) is 11.1 Å². The number of methoxy groups -OCH3 is 2. The van der Waals surface area contributed by atoms with Gasteiger partial charge in [-0.1, -0.05) is 12.1 Å². The van der Waals surface area contributed by atoms with Gasteiger partial charge in [-0.25, -0.2) is 9.59 Å². The fourth-order valence-corrected chi connectivity index (χ4v) is 2.93. The second-order valence-corrected chi connectivity index (χ2v) is 5.19. The second kappa shape index (κ2) is 5.76. The van der Waals surface area contributed by atoms with Gasteiger partial charge >= 0.3 is 11.9 Å². The van der Waals surface area contributed by atoms with Gasteiger partial charge in [0.25, 0.3) is 0 Å². The number of fused-ring (bicyclic) bond motifs is 3. The number of hydrogen-bond donors (Lipinski definition) is 0. The third-order valence-electron chi connectivity index (χ3n) is 4.03. The van der Waals surface area contributed by atoms with Crippen molar-refractivity contribution in [2.75, 3.05) is 14.2 Å². The largest absolute Gasteiger partial charge is 0.465 e. The Balaban J connectivity index is 2.32. The molecule has 3 aromatic rings. The van der Waals surface area contributed by atoms with Crippen LogP contribution < -0.4 is 0 Å². The van der Waals surface area contributed by atoms with E-state index < -0.39 is 0 Å². The molecule has 0 N–H and O–H groups in total. The van der Waals surface area contributed by atoms with Gasteiger partial charge in [0.15, 0.2) is 0 Å². The number of hydrogen-bond acceptors (Lipinski definition) is 4. The third kappa shape index (κ3) is 2.34. The number of aryl methyl sites for hydroxylation is 1. The maximum absolute atomic E-state index is 11.8. The minimum atomic E-state index is -0.366. The molecule has 0 bridgehead atoms. The van der Waals surface area contributed by atoms with Crippen molar-refractivity contribution < 1.29 is 19.1 Å². The van der Waals surface area contributed by atoms with Gasteiger partial charge in [-0.3, -0.25) is 0 Å². The molecule has 1 aromatic heterocycles. The lowest BCUT2D eigenvalue weighted by molar-refractivity contribution is 0.0592. The summed E-state index contributed by atoms with van der Waals surface area (Å²) in [6, 6.07) is 11.0. The van der Waals surface area contributed by atoms with E-state index in [1.165, 1.54) is 14.2 Å². The molecule has 0 radical (unpaired) electrons. The first-order valence-electron chi connectivity index (χ1n) is 7.33. The minimum absolute atomic E-state index is 0.366. The molecule has 2 aromatic carbocycles. The topological polar surface area (TPSA) is 57.5 Å². The average Bonchev–Trinajstić information content (AvgIpc) is 2.92. The Morgan fingerprint density at radius 1 is 0.870 bits per heavy atom. The molecule has 0 atom stereocenters. The summed E-state index contributed by atoms with van der Waals surface area (Å²) in [5, 5.41) is 2.07. The molecule has 0 spiro atoms. The monoisotopic (exact) mass is 311 g/mol. The van der Waals surface area contributed by atoms with Crippen LogP contribution in [0, 0.1) is 0 Å². The standard InChI is InChI=1S/C18H17NO4/c1-4-19-15-9-11(17(20)22-2)5-7-13(15)14-8-6-12(10-16(14)19)18(21)23-3/h5-10H,4H2,1-3H3. The van der Waals surface area contributed by atoms with Gasteiger partial charge in [0, 0.05) is 28.4 Å². The summed E-state index contributed by atoms with van der Waals surface area (Å²) < 4.78 is 11.6. The molecule has 0 aliphatic rings. The zero-order valence-corrected chi connectivity index (χ0v) is 13.3. The summed E-state index contributed by atoms with van der Waals surface area (Å²) in [5.74, 6) is -0.731. The van der Waals surface area contributed by atoms with Gasteiger partial charge in [-0.15, -0.1) is 0 Å². The molecule has 0 aliphatic carbocycles. The normalized spacial score (nSPS) is 10.9. The SMILES string of the molecule is CCn1c2cc(C(=O)OC)ccc2c2ccc(C(=O)OC)cc21. The van der Waals surface area contributed by atoms with E-state index in [0.717, 1.165) is 28.4 Å². The van der Waals surface area contributed by atoms with Crippen molar-refractivity contribution in [3.8, 4) is 0 Å². The van der Waals surface area contributed by atoms with E-state index in [4.69, 9.17) is 9.47 Å². The van der Waals surface area contributed by atoms with Crippen molar-refractivity contribution in [3.05, 3.63) is 47.5 Å². The van der Waals surface area contributed by atoms with Crippen LogP contribution in [-0.4, -0.2) is 30.7 Å². The van der Waals surface area contributed by atoms with Gasteiger partial charge in [0.05, 0.1) is 25.3 Å². The van der Waals surface area contributed by atoms with Crippen molar-refractivity contribution in [1.82, 2.24) is 4.57 Å². The fourth-order valence-electron chi connectivity index (χ4n) is 2.93. The molecule has 0 unspecified atom stereocenters. The van der Waals surface area contributed by atoms with E-state index in [1.807, 2.05) is 31.2 Å². The Kier molecular flexibility index (Phi) is 3.78. The predicted octanol–water partition coefficient (Wildman–Crippen LogP) is 3.39. The first kappa shape index (κ1) is 15.1. The molecule has 0 aliphatic heterocycles. The Bertz CT molecular complexity index is 850. The van der Waals surface area contributed by atoms with Crippen molar-refractivity contribution in [2.24, 2.45) is 0 Å². The van der Waals surface area contributed by atoms with Crippen LogP contribution in [0.15, 0.2) is 36.4 Å². The Morgan fingerprint density at radius 2 is 1.30 bits per heavy atom. The molecule has 5 nitrogen and oxygen atoms in total. The number of esters is 2. The summed E-state index contributed by atoms with van der Waals surface area (Å²) in [6.45, 7) is 2.74. The lowest BCUT2D eigenvalue weighted by Gasteiger charge is -2.05.